The minimum atomic E-state index is -1.05. The quantitative estimate of drug-likeness (QED) is 0.354. The number of non-ortho nitro benzene ring substituents is 1. The molecule has 0 fully saturated rings. The smallest absolute Gasteiger partial charge is 0.269 e. The van der Waals surface area contributed by atoms with Crippen molar-refractivity contribution in [2.24, 2.45) is 5.92 Å². The van der Waals surface area contributed by atoms with Crippen LogP contribution >= 0.6 is 0 Å². The number of phenols is 1. The molecule has 0 saturated heterocycles. The van der Waals surface area contributed by atoms with E-state index in [2.05, 4.69) is 6.58 Å². The number of aliphatic hydroxyl groups excluding tert-OH is 2. The van der Waals surface area contributed by atoms with Gasteiger partial charge >= 0.3 is 0 Å². The summed E-state index contributed by atoms with van der Waals surface area (Å²) in [5.74, 6) is -0.341. The van der Waals surface area contributed by atoms with Crippen molar-refractivity contribution in [1.82, 2.24) is 0 Å². The Morgan fingerprint density at radius 3 is 2.48 bits per heavy atom. The van der Waals surface area contributed by atoms with Crippen LogP contribution in [0.15, 0.2) is 49.1 Å². The van der Waals surface area contributed by atoms with Crippen LogP contribution in [0, 0.1) is 16.0 Å². The number of benzene rings is 2. The zero-order valence-corrected chi connectivity index (χ0v) is 15.0. The number of rotatable bonds is 9. The summed E-state index contributed by atoms with van der Waals surface area (Å²) >= 11 is 0. The summed E-state index contributed by atoms with van der Waals surface area (Å²) in [5, 5.41) is 41.5. The number of allylic oxidation sites excluding steroid dienone is 1. The average molecular weight is 373 g/mol. The minimum Gasteiger partial charge on any atom is -0.504 e. The van der Waals surface area contributed by atoms with Crippen molar-refractivity contribution in [2.75, 3.05) is 13.7 Å². The molecule has 0 heterocycles. The lowest BCUT2D eigenvalue weighted by molar-refractivity contribution is -0.384. The van der Waals surface area contributed by atoms with E-state index < -0.39 is 16.9 Å². The zero-order valence-electron chi connectivity index (χ0n) is 15.0. The van der Waals surface area contributed by atoms with E-state index in [1.165, 1.54) is 31.4 Å². The van der Waals surface area contributed by atoms with Gasteiger partial charge < -0.3 is 20.1 Å². The highest BCUT2D eigenvalue weighted by molar-refractivity contribution is 5.49. The fourth-order valence-corrected chi connectivity index (χ4v) is 2.95. The van der Waals surface area contributed by atoms with Crippen LogP contribution in [-0.4, -0.2) is 34.0 Å². The van der Waals surface area contributed by atoms with Gasteiger partial charge in [-0.15, -0.1) is 6.58 Å². The molecule has 0 aliphatic heterocycles. The molecule has 0 saturated carbocycles. The number of hydrogen-bond donors (Lipinski definition) is 3. The van der Waals surface area contributed by atoms with Gasteiger partial charge in [-0.2, -0.15) is 0 Å². The van der Waals surface area contributed by atoms with Crippen LogP contribution in [-0.2, 0) is 12.8 Å². The van der Waals surface area contributed by atoms with E-state index in [0.29, 0.717) is 23.3 Å². The van der Waals surface area contributed by atoms with Crippen molar-refractivity contribution in [1.29, 1.82) is 0 Å². The number of aliphatic hydroxyl groups is 2. The lowest BCUT2D eigenvalue weighted by atomic mass is 9.89. The SMILES string of the molecule is C=CCc1cc(CC(CO)C(O)c2ccc([N+](=O)[O-])cc2)c(O)c(OC)c1. The normalized spacial score (nSPS) is 13.0. The van der Waals surface area contributed by atoms with Gasteiger partial charge in [0.1, 0.15) is 0 Å². The molecule has 0 aromatic heterocycles. The highest BCUT2D eigenvalue weighted by atomic mass is 16.6. The van der Waals surface area contributed by atoms with Crippen LogP contribution in [0.25, 0.3) is 0 Å². The van der Waals surface area contributed by atoms with E-state index in [1.807, 2.05) is 0 Å². The number of aromatic hydroxyl groups is 1. The third-order valence-corrected chi connectivity index (χ3v) is 4.42. The van der Waals surface area contributed by atoms with Crippen LogP contribution in [0.5, 0.6) is 11.5 Å². The second-order valence-electron chi connectivity index (χ2n) is 6.24. The molecule has 2 atom stereocenters. The molecule has 0 spiro atoms. The van der Waals surface area contributed by atoms with Crippen molar-refractivity contribution in [3.05, 3.63) is 75.9 Å². The van der Waals surface area contributed by atoms with E-state index in [1.54, 1.807) is 18.2 Å². The van der Waals surface area contributed by atoms with Gasteiger partial charge in [-0.1, -0.05) is 12.1 Å². The van der Waals surface area contributed by atoms with Crippen molar-refractivity contribution < 1.29 is 25.0 Å². The average Bonchev–Trinajstić information content (AvgIpc) is 2.67. The lowest BCUT2D eigenvalue weighted by Crippen LogP contribution is -2.19. The predicted molar refractivity (Wildman–Crippen MR) is 101 cm³/mol. The molecule has 7 nitrogen and oxygen atoms in total. The molecular weight excluding hydrogens is 350 g/mol. The van der Waals surface area contributed by atoms with Crippen molar-refractivity contribution in [3.63, 3.8) is 0 Å². The summed E-state index contributed by atoms with van der Waals surface area (Å²) in [6.07, 6.45) is 1.45. The maximum atomic E-state index is 10.8. The van der Waals surface area contributed by atoms with Crippen LogP contribution < -0.4 is 4.74 Å². The van der Waals surface area contributed by atoms with Gasteiger partial charge in [-0.25, -0.2) is 0 Å². The highest BCUT2D eigenvalue weighted by Gasteiger charge is 2.24. The summed E-state index contributed by atoms with van der Waals surface area (Å²) in [4.78, 5) is 10.2. The van der Waals surface area contributed by atoms with E-state index in [-0.39, 0.29) is 24.5 Å². The molecule has 0 bridgehead atoms. The minimum absolute atomic E-state index is 0.0420. The summed E-state index contributed by atoms with van der Waals surface area (Å²) in [6, 6.07) is 9.02. The molecule has 0 aliphatic rings. The van der Waals surface area contributed by atoms with Crippen LogP contribution in [0.2, 0.25) is 0 Å². The maximum absolute atomic E-state index is 10.8. The first-order valence-corrected chi connectivity index (χ1v) is 8.44. The zero-order chi connectivity index (χ0) is 20.0. The fraction of sp³-hybridized carbons (Fsp3) is 0.300. The first-order chi connectivity index (χ1) is 12.9. The molecular formula is C20H23NO6. The number of nitro benzene ring substituents is 1. The standard InChI is InChI=1S/C20H23NO6/c1-3-4-13-9-15(20(24)18(10-13)27-2)11-16(12-22)19(23)14-5-7-17(8-6-14)21(25)26/h3,5-10,16,19,22-24H,1,4,11-12H2,2H3. The molecule has 27 heavy (non-hydrogen) atoms. The Kier molecular flexibility index (Phi) is 6.92. The van der Waals surface area contributed by atoms with Gasteiger partial charge in [0.15, 0.2) is 11.5 Å². The van der Waals surface area contributed by atoms with Crippen LogP contribution in [0.1, 0.15) is 22.8 Å². The first-order valence-electron chi connectivity index (χ1n) is 8.44. The Morgan fingerprint density at radius 1 is 1.30 bits per heavy atom. The summed E-state index contributed by atoms with van der Waals surface area (Å²) in [5.41, 5.74) is 1.79. The van der Waals surface area contributed by atoms with Gasteiger partial charge in [-0.05, 0) is 47.7 Å². The maximum Gasteiger partial charge on any atom is 0.269 e. The molecule has 2 aromatic carbocycles. The van der Waals surface area contributed by atoms with Crippen LogP contribution in [0.3, 0.4) is 0 Å². The number of methoxy groups -OCH3 is 1. The third kappa shape index (κ3) is 4.84. The predicted octanol–water partition coefficient (Wildman–Crippen LogP) is 2.92. The molecule has 3 N–H and O–H groups in total. The Hall–Kier alpha value is -2.90. The lowest BCUT2D eigenvalue weighted by Gasteiger charge is -2.22. The second-order valence-corrected chi connectivity index (χ2v) is 6.24. The molecule has 2 rings (SSSR count). The van der Waals surface area contributed by atoms with Crippen molar-refractivity contribution >= 4 is 5.69 Å². The summed E-state index contributed by atoms with van der Waals surface area (Å²) in [7, 11) is 1.45. The van der Waals surface area contributed by atoms with E-state index in [0.717, 1.165) is 5.56 Å². The number of ether oxygens (including phenoxy) is 1. The fourth-order valence-electron chi connectivity index (χ4n) is 2.95. The number of phenolic OH excluding ortho intramolecular Hbond substituents is 1. The Morgan fingerprint density at radius 2 is 1.96 bits per heavy atom. The van der Waals surface area contributed by atoms with Crippen LogP contribution in [0.4, 0.5) is 5.69 Å². The Labute approximate surface area is 157 Å². The van der Waals surface area contributed by atoms with Crippen molar-refractivity contribution in [3.8, 4) is 11.5 Å². The van der Waals surface area contributed by atoms with Gasteiger partial charge in [0, 0.05) is 24.7 Å². The topological polar surface area (TPSA) is 113 Å². The molecule has 2 aromatic rings. The monoisotopic (exact) mass is 373 g/mol. The van der Waals surface area contributed by atoms with Crippen molar-refractivity contribution in [2.45, 2.75) is 18.9 Å². The molecule has 144 valence electrons. The molecule has 0 radical (unpaired) electrons. The van der Waals surface area contributed by atoms with E-state index in [9.17, 15) is 25.4 Å². The molecule has 0 amide bonds. The molecule has 0 aliphatic carbocycles. The first kappa shape index (κ1) is 20.4. The Balaban J connectivity index is 2.28. The highest BCUT2D eigenvalue weighted by Crippen LogP contribution is 2.35. The third-order valence-electron chi connectivity index (χ3n) is 4.42. The summed E-state index contributed by atoms with van der Waals surface area (Å²) < 4.78 is 5.20. The number of nitrogens with zero attached hydrogens (tertiary/aromatic N) is 1. The van der Waals surface area contributed by atoms with E-state index in [4.69, 9.17) is 4.74 Å². The van der Waals surface area contributed by atoms with Gasteiger partial charge in [-0.3, -0.25) is 10.1 Å². The van der Waals surface area contributed by atoms with Gasteiger partial charge in [0.05, 0.1) is 18.1 Å². The second kappa shape index (κ2) is 9.16. The molecule has 2 unspecified atom stereocenters. The number of hydrogen-bond acceptors (Lipinski definition) is 6. The largest absolute Gasteiger partial charge is 0.504 e. The summed E-state index contributed by atoms with van der Waals surface area (Å²) in [6.45, 7) is 3.37. The number of nitro groups is 1. The molecule has 7 heteroatoms. The van der Waals surface area contributed by atoms with Gasteiger partial charge in [0.25, 0.3) is 5.69 Å². The van der Waals surface area contributed by atoms with Gasteiger partial charge in [0.2, 0.25) is 0 Å². The Bertz CT molecular complexity index is 803. The van der Waals surface area contributed by atoms with E-state index >= 15 is 0 Å².